The zero-order valence-electron chi connectivity index (χ0n) is 17.7. The van der Waals surface area contributed by atoms with Gasteiger partial charge in [0, 0.05) is 34.5 Å². The van der Waals surface area contributed by atoms with E-state index in [1.165, 1.54) is 50.5 Å². The van der Waals surface area contributed by atoms with Crippen LogP contribution in [0.25, 0.3) is 0 Å². The highest BCUT2D eigenvalue weighted by Gasteiger charge is 2.35. The van der Waals surface area contributed by atoms with Gasteiger partial charge in [0.25, 0.3) is 5.91 Å². The molecule has 33 heavy (non-hydrogen) atoms. The lowest BCUT2D eigenvalue weighted by molar-refractivity contribution is 0.0979. The monoisotopic (exact) mass is 466 g/mol. The van der Waals surface area contributed by atoms with Gasteiger partial charge in [0.2, 0.25) is 0 Å². The molecule has 168 valence electrons. The molecule has 0 aromatic heterocycles. The summed E-state index contributed by atoms with van der Waals surface area (Å²) >= 11 is 0. The third-order valence-corrected chi connectivity index (χ3v) is 7.05. The number of nitrogens with zero attached hydrogens (tertiary/aromatic N) is 1. The van der Waals surface area contributed by atoms with Gasteiger partial charge in [-0.05, 0) is 24.3 Å². The minimum absolute atomic E-state index is 0.0212. The molecule has 0 spiro atoms. The normalized spacial score (nSPS) is 13.3. The Bertz CT molecular complexity index is 1440. The highest BCUT2D eigenvalue weighted by Crippen LogP contribution is 2.35. The number of nitrogen functional groups attached to an aromatic ring is 1. The molecule has 3 aromatic carbocycles. The summed E-state index contributed by atoms with van der Waals surface area (Å²) in [5.41, 5.74) is 7.21. The number of anilines is 2. The fourth-order valence-corrected chi connectivity index (χ4v) is 4.04. The molecule has 3 aromatic rings. The van der Waals surface area contributed by atoms with Crippen molar-refractivity contribution in [3.63, 3.8) is 0 Å². The number of carbonyl (C=O) groups is 3. The number of benzene rings is 3. The summed E-state index contributed by atoms with van der Waals surface area (Å²) in [5.74, 6) is -1.40. The number of nitrogens with two attached hydrogens (primary N) is 1. The largest absolute Gasteiger partial charge is 0.437 e. The molecule has 0 atom stereocenters. The van der Waals surface area contributed by atoms with Crippen LogP contribution >= 0.6 is 0 Å². The first kappa shape index (κ1) is 22.3. The Kier molecular flexibility index (Phi) is 5.16. The SMILES string of the molecule is C[N+](C)(c1ccc(C(=O)Nc2ccc(N)c3c2C(=O)c2ccccc2C3=O)cc1)S(=O)(=O)O. The van der Waals surface area contributed by atoms with Crippen molar-refractivity contribution in [3.8, 4) is 0 Å². The quantitative estimate of drug-likeness (QED) is 0.238. The summed E-state index contributed by atoms with van der Waals surface area (Å²) < 4.78 is 31.8. The van der Waals surface area contributed by atoms with Crippen LogP contribution in [0.5, 0.6) is 0 Å². The van der Waals surface area contributed by atoms with Crippen molar-refractivity contribution in [2.24, 2.45) is 0 Å². The molecule has 0 saturated carbocycles. The van der Waals surface area contributed by atoms with Crippen LogP contribution in [-0.4, -0.2) is 44.5 Å². The Hall–Kier alpha value is -3.86. The number of amides is 1. The van der Waals surface area contributed by atoms with Crippen LogP contribution in [0.4, 0.5) is 17.1 Å². The van der Waals surface area contributed by atoms with Gasteiger partial charge in [-0.3, -0.25) is 14.4 Å². The summed E-state index contributed by atoms with van der Waals surface area (Å²) in [7, 11) is -1.86. The molecular weight excluding hydrogens is 446 g/mol. The maximum Gasteiger partial charge on any atom is 0.437 e. The molecule has 4 N–H and O–H groups in total. The number of fused-ring (bicyclic) bond motifs is 2. The fraction of sp³-hybridized carbons (Fsp3) is 0.0870. The minimum atomic E-state index is -4.43. The first-order chi connectivity index (χ1) is 15.4. The third kappa shape index (κ3) is 3.59. The number of hydrogen-bond donors (Lipinski definition) is 3. The van der Waals surface area contributed by atoms with E-state index in [0.29, 0.717) is 0 Å². The van der Waals surface area contributed by atoms with Crippen molar-refractivity contribution in [1.29, 1.82) is 0 Å². The lowest BCUT2D eigenvalue weighted by atomic mass is 9.82. The van der Waals surface area contributed by atoms with E-state index in [4.69, 9.17) is 5.73 Å². The minimum Gasteiger partial charge on any atom is -0.398 e. The molecule has 0 radical (unpaired) electrons. The van der Waals surface area contributed by atoms with E-state index in [0.717, 1.165) is 0 Å². The number of rotatable bonds is 4. The summed E-state index contributed by atoms with van der Waals surface area (Å²) in [5, 5.41) is 2.64. The van der Waals surface area contributed by atoms with Crippen molar-refractivity contribution < 1.29 is 27.4 Å². The predicted octanol–water partition coefficient (Wildman–Crippen LogP) is 2.67. The number of carbonyl (C=O) groups excluding carboxylic acids is 3. The number of quaternary nitrogens is 1. The van der Waals surface area contributed by atoms with E-state index in [-0.39, 0.29) is 44.9 Å². The predicted molar refractivity (Wildman–Crippen MR) is 124 cm³/mol. The van der Waals surface area contributed by atoms with Gasteiger partial charge in [-0.15, -0.1) is 8.42 Å². The Balaban J connectivity index is 1.70. The third-order valence-electron chi connectivity index (χ3n) is 5.68. The number of hydrogen-bond acceptors (Lipinski definition) is 6. The number of ketones is 2. The van der Waals surface area contributed by atoms with Gasteiger partial charge < -0.3 is 11.1 Å². The molecule has 1 aliphatic rings. The summed E-state index contributed by atoms with van der Waals surface area (Å²) in [4.78, 5) is 39.0. The molecule has 0 unspecified atom stereocenters. The van der Waals surface area contributed by atoms with Gasteiger partial charge in [0.1, 0.15) is 5.69 Å². The zero-order chi connectivity index (χ0) is 24.1. The molecule has 10 heteroatoms. The molecule has 0 bridgehead atoms. The lowest BCUT2D eigenvalue weighted by Crippen LogP contribution is -2.45. The summed E-state index contributed by atoms with van der Waals surface area (Å²) in [6, 6.07) is 14.9. The van der Waals surface area contributed by atoms with Crippen LogP contribution in [0.3, 0.4) is 0 Å². The van der Waals surface area contributed by atoms with Crippen LogP contribution < -0.4 is 14.9 Å². The first-order valence-corrected chi connectivity index (χ1v) is 11.2. The van der Waals surface area contributed by atoms with Crippen LogP contribution in [0, 0.1) is 0 Å². The molecule has 4 rings (SSSR count). The van der Waals surface area contributed by atoms with E-state index < -0.39 is 31.7 Å². The van der Waals surface area contributed by atoms with Crippen molar-refractivity contribution in [2.75, 3.05) is 25.1 Å². The maximum atomic E-state index is 13.2. The summed E-state index contributed by atoms with van der Waals surface area (Å²) in [6.45, 7) is 0. The molecular formula is C23H20N3O6S+. The van der Waals surface area contributed by atoms with Gasteiger partial charge in [0.05, 0.1) is 30.9 Å². The fourth-order valence-electron chi connectivity index (χ4n) is 3.65. The molecule has 1 amide bonds. The zero-order valence-corrected chi connectivity index (χ0v) is 18.5. The molecule has 9 nitrogen and oxygen atoms in total. The Morgan fingerprint density at radius 1 is 0.879 bits per heavy atom. The van der Waals surface area contributed by atoms with E-state index in [1.54, 1.807) is 24.3 Å². The maximum absolute atomic E-state index is 13.2. The average molecular weight is 466 g/mol. The molecule has 1 aliphatic carbocycles. The second kappa shape index (κ2) is 7.62. The first-order valence-electron chi connectivity index (χ1n) is 9.78. The summed E-state index contributed by atoms with van der Waals surface area (Å²) in [6.07, 6.45) is 0. The molecule has 0 fully saturated rings. The van der Waals surface area contributed by atoms with Crippen LogP contribution in [0.1, 0.15) is 42.2 Å². The van der Waals surface area contributed by atoms with Crippen molar-refractivity contribution in [3.05, 3.63) is 88.5 Å². The lowest BCUT2D eigenvalue weighted by Gasteiger charge is -2.24. The Labute approximate surface area is 189 Å². The second-order valence-corrected chi connectivity index (χ2v) is 9.76. The highest BCUT2D eigenvalue weighted by molar-refractivity contribution is 7.85. The van der Waals surface area contributed by atoms with Crippen LogP contribution in [0.15, 0.2) is 60.7 Å². The standard InChI is InChI=1S/C23H19N3O6S/c1-26(2,33(30,31)32)14-9-7-13(8-10-14)23(29)25-18-12-11-17(24)19-20(18)22(28)16-6-4-3-5-15(16)21(19)27/h3-12H,1-2H3,(H3-,24,25,27,28,29,30,31,32)/p+1. The highest BCUT2D eigenvalue weighted by atomic mass is 32.2. The molecule has 0 saturated heterocycles. The van der Waals surface area contributed by atoms with E-state index >= 15 is 0 Å². The topological polar surface area (TPSA) is 144 Å². The average Bonchev–Trinajstić information content (AvgIpc) is 2.77. The van der Waals surface area contributed by atoms with E-state index in [9.17, 15) is 27.4 Å². The van der Waals surface area contributed by atoms with Crippen LogP contribution in [-0.2, 0) is 10.3 Å². The van der Waals surface area contributed by atoms with Crippen molar-refractivity contribution >= 4 is 44.8 Å². The van der Waals surface area contributed by atoms with Gasteiger partial charge in [-0.2, -0.15) is 3.89 Å². The van der Waals surface area contributed by atoms with E-state index in [2.05, 4.69) is 5.32 Å². The van der Waals surface area contributed by atoms with E-state index in [1.807, 2.05) is 0 Å². The second-order valence-electron chi connectivity index (χ2n) is 7.96. The van der Waals surface area contributed by atoms with Crippen molar-refractivity contribution in [1.82, 2.24) is 3.89 Å². The van der Waals surface area contributed by atoms with Gasteiger partial charge in [0.15, 0.2) is 11.6 Å². The Morgan fingerprint density at radius 2 is 1.42 bits per heavy atom. The molecule has 0 heterocycles. The van der Waals surface area contributed by atoms with Gasteiger partial charge in [-0.25, -0.2) is 4.55 Å². The van der Waals surface area contributed by atoms with Gasteiger partial charge >= 0.3 is 10.3 Å². The van der Waals surface area contributed by atoms with Gasteiger partial charge in [-0.1, -0.05) is 24.3 Å². The Morgan fingerprint density at radius 3 is 1.97 bits per heavy atom. The smallest absolute Gasteiger partial charge is 0.398 e. The molecule has 0 aliphatic heterocycles. The van der Waals surface area contributed by atoms with Crippen LogP contribution in [0.2, 0.25) is 0 Å². The van der Waals surface area contributed by atoms with Crippen molar-refractivity contribution in [2.45, 2.75) is 0 Å². The number of nitrogens with one attached hydrogen (secondary N) is 1.